The average molecular weight is 397 g/mol. The Hall–Kier alpha value is -3.49. The van der Waals surface area contributed by atoms with Gasteiger partial charge in [-0.15, -0.1) is 0 Å². The summed E-state index contributed by atoms with van der Waals surface area (Å²) in [5.41, 5.74) is 2.53. The molecule has 1 N–H and O–H groups in total. The highest BCUT2D eigenvalue weighted by molar-refractivity contribution is 5.93. The molecule has 152 valence electrons. The fourth-order valence-electron chi connectivity index (χ4n) is 3.05. The molecule has 0 fully saturated rings. The van der Waals surface area contributed by atoms with Gasteiger partial charge >= 0.3 is 5.97 Å². The van der Waals surface area contributed by atoms with E-state index in [9.17, 15) is 14.4 Å². The number of nitrogens with zero attached hydrogens (tertiary/aromatic N) is 4. The molecule has 9 nitrogen and oxygen atoms in total. The van der Waals surface area contributed by atoms with Crippen molar-refractivity contribution in [1.29, 1.82) is 0 Å². The molecule has 0 spiro atoms. The number of carbonyl (C=O) groups excluding carboxylic acids is 2. The highest BCUT2D eigenvalue weighted by Gasteiger charge is 2.15. The van der Waals surface area contributed by atoms with Crippen LogP contribution in [0, 0.1) is 13.8 Å². The van der Waals surface area contributed by atoms with E-state index in [2.05, 4.69) is 15.4 Å². The van der Waals surface area contributed by atoms with E-state index in [0.717, 1.165) is 5.69 Å². The van der Waals surface area contributed by atoms with Gasteiger partial charge in [0.05, 0.1) is 34.4 Å². The van der Waals surface area contributed by atoms with Crippen LogP contribution in [-0.2, 0) is 34.8 Å². The normalized spacial score (nSPS) is 10.9. The summed E-state index contributed by atoms with van der Waals surface area (Å²) in [6.45, 7) is 3.23. The second-order valence-electron chi connectivity index (χ2n) is 6.79. The van der Waals surface area contributed by atoms with Crippen LogP contribution >= 0.6 is 0 Å². The van der Waals surface area contributed by atoms with Crippen LogP contribution in [-0.4, -0.2) is 37.8 Å². The minimum absolute atomic E-state index is 0.0108. The van der Waals surface area contributed by atoms with E-state index in [4.69, 9.17) is 4.74 Å². The lowest BCUT2D eigenvalue weighted by Gasteiger charge is -2.09. The zero-order chi connectivity index (χ0) is 21.1. The first-order valence-electron chi connectivity index (χ1n) is 9.18. The van der Waals surface area contributed by atoms with Crippen molar-refractivity contribution in [3.63, 3.8) is 0 Å². The van der Waals surface area contributed by atoms with Crippen LogP contribution in [0.2, 0.25) is 0 Å². The average Bonchev–Trinajstić information content (AvgIpc) is 2.94. The summed E-state index contributed by atoms with van der Waals surface area (Å²) in [6, 6.07) is 7.05. The van der Waals surface area contributed by atoms with Crippen LogP contribution in [0.1, 0.15) is 23.6 Å². The van der Waals surface area contributed by atoms with E-state index in [1.807, 2.05) is 6.92 Å². The molecule has 0 unspecified atom stereocenters. The van der Waals surface area contributed by atoms with Crippen LogP contribution in [0.15, 0.2) is 29.1 Å². The Bertz CT molecular complexity index is 1150. The Labute approximate surface area is 167 Å². The smallest absolute Gasteiger partial charge is 0.306 e. The van der Waals surface area contributed by atoms with E-state index in [1.165, 1.54) is 4.57 Å². The van der Waals surface area contributed by atoms with E-state index < -0.39 is 18.5 Å². The summed E-state index contributed by atoms with van der Waals surface area (Å²) in [6.07, 6.45) is 0.245. The Morgan fingerprint density at radius 1 is 1.17 bits per heavy atom. The van der Waals surface area contributed by atoms with E-state index >= 15 is 0 Å². The zero-order valence-corrected chi connectivity index (χ0v) is 16.9. The number of anilines is 1. The monoisotopic (exact) mass is 397 g/mol. The maximum Gasteiger partial charge on any atom is 0.306 e. The largest absolute Gasteiger partial charge is 0.456 e. The van der Waals surface area contributed by atoms with Crippen LogP contribution in [0.5, 0.6) is 0 Å². The third-order valence-corrected chi connectivity index (χ3v) is 4.77. The van der Waals surface area contributed by atoms with Crippen molar-refractivity contribution in [3.8, 4) is 0 Å². The van der Waals surface area contributed by atoms with Gasteiger partial charge in [-0.05, 0) is 26.0 Å². The van der Waals surface area contributed by atoms with Gasteiger partial charge in [-0.3, -0.25) is 23.6 Å². The first-order valence-corrected chi connectivity index (χ1v) is 9.18. The number of carbonyl (C=O) groups is 2. The van der Waals surface area contributed by atoms with Gasteiger partial charge in [-0.1, -0.05) is 12.1 Å². The quantitative estimate of drug-likeness (QED) is 0.630. The summed E-state index contributed by atoms with van der Waals surface area (Å²) in [5, 5.41) is 7.45. The van der Waals surface area contributed by atoms with E-state index in [0.29, 0.717) is 28.1 Å². The molecule has 0 saturated heterocycles. The lowest BCUT2D eigenvalue weighted by molar-refractivity contribution is -0.147. The molecule has 0 atom stereocenters. The van der Waals surface area contributed by atoms with Crippen molar-refractivity contribution in [2.24, 2.45) is 14.1 Å². The molecule has 29 heavy (non-hydrogen) atoms. The van der Waals surface area contributed by atoms with Gasteiger partial charge in [0, 0.05) is 20.5 Å². The number of nitrogens with one attached hydrogen (secondary N) is 1. The van der Waals surface area contributed by atoms with Crippen LogP contribution < -0.4 is 10.9 Å². The first-order chi connectivity index (χ1) is 13.8. The van der Waals surface area contributed by atoms with Gasteiger partial charge in [0.1, 0.15) is 5.82 Å². The maximum atomic E-state index is 12.4. The maximum absolute atomic E-state index is 12.4. The number of esters is 1. The summed E-state index contributed by atoms with van der Waals surface area (Å²) >= 11 is 0. The summed E-state index contributed by atoms with van der Waals surface area (Å²) in [4.78, 5) is 40.9. The van der Waals surface area contributed by atoms with Gasteiger partial charge < -0.3 is 10.1 Å². The van der Waals surface area contributed by atoms with Crippen molar-refractivity contribution < 1.29 is 14.3 Å². The van der Waals surface area contributed by atoms with Crippen molar-refractivity contribution in [2.75, 3.05) is 11.9 Å². The lowest BCUT2D eigenvalue weighted by atomic mass is 10.2. The number of aromatic nitrogens is 4. The van der Waals surface area contributed by atoms with Gasteiger partial charge in [0.15, 0.2) is 6.61 Å². The Balaban J connectivity index is 1.56. The molecule has 0 aliphatic rings. The topological polar surface area (TPSA) is 108 Å². The number of hydrogen-bond donors (Lipinski definition) is 1. The van der Waals surface area contributed by atoms with Crippen LogP contribution in [0.25, 0.3) is 10.9 Å². The lowest BCUT2D eigenvalue weighted by Crippen LogP contribution is -2.24. The number of rotatable bonds is 6. The van der Waals surface area contributed by atoms with E-state index in [-0.39, 0.29) is 18.4 Å². The second-order valence-corrected chi connectivity index (χ2v) is 6.79. The third-order valence-electron chi connectivity index (χ3n) is 4.77. The number of para-hydroxylation sites is 1. The number of hydrogen-bond acceptors (Lipinski definition) is 6. The summed E-state index contributed by atoms with van der Waals surface area (Å²) in [5.74, 6) is -0.493. The summed E-state index contributed by atoms with van der Waals surface area (Å²) in [7, 11) is 3.40. The molecule has 9 heteroatoms. The molecule has 0 aliphatic heterocycles. The molecule has 0 radical (unpaired) electrons. The molecular formula is C20H23N5O4. The molecular weight excluding hydrogens is 374 g/mol. The zero-order valence-electron chi connectivity index (χ0n) is 16.9. The van der Waals surface area contributed by atoms with Crippen LogP contribution in [0.4, 0.5) is 5.69 Å². The van der Waals surface area contributed by atoms with E-state index in [1.54, 1.807) is 50.0 Å². The highest BCUT2D eigenvalue weighted by Crippen LogP contribution is 2.18. The van der Waals surface area contributed by atoms with Gasteiger partial charge in [-0.25, -0.2) is 4.98 Å². The molecule has 0 saturated carbocycles. The number of aryl methyl sites for hydroxylation is 3. The molecule has 0 aliphatic carbocycles. The number of ether oxygens (including phenoxy) is 1. The number of fused-ring (bicyclic) bond motifs is 1. The minimum Gasteiger partial charge on any atom is -0.456 e. The fraction of sp³-hybridized carbons (Fsp3) is 0.350. The SMILES string of the molecule is Cc1nn(C)c(C)c1NC(=O)COC(=O)CCc1nc2ccccc2c(=O)n1C. The predicted octanol–water partition coefficient (Wildman–Crippen LogP) is 1.40. The summed E-state index contributed by atoms with van der Waals surface area (Å²) < 4.78 is 8.14. The minimum atomic E-state index is -0.540. The van der Waals surface area contributed by atoms with Crippen molar-refractivity contribution in [3.05, 3.63) is 51.8 Å². The molecule has 3 rings (SSSR count). The Morgan fingerprint density at radius 2 is 1.90 bits per heavy atom. The molecule has 2 heterocycles. The molecule has 1 aromatic carbocycles. The highest BCUT2D eigenvalue weighted by atomic mass is 16.5. The molecule has 3 aromatic rings. The Kier molecular flexibility index (Phi) is 5.76. The molecule has 1 amide bonds. The molecule has 2 aromatic heterocycles. The van der Waals surface area contributed by atoms with Crippen molar-refractivity contribution in [1.82, 2.24) is 19.3 Å². The number of benzene rings is 1. The number of amides is 1. The van der Waals surface area contributed by atoms with Crippen LogP contribution in [0.3, 0.4) is 0 Å². The second kappa shape index (κ2) is 8.26. The van der Waals surface area contributed by atoms with Gasteiger partial charge in [0.25, 0.3) is 11.5 Å². The standard InChI is InChI=1S/C20H23N5O4/c1-12-19(13(2)25(4)23-12)22-17(26)11-29-18(27)10-9-16-21-15-8-6-5-7-14(15)20(28)24(16)3/h5-8H,9-11H2,1-4H3,(H,22,26). The predicted molar refractivity (Wildman–Crippen MR) is 108 cm³/mol. The first kappa shape index (κ1) is 20.2. The van der Waals surface area contributed by atoms with Gasteiger partial charge in [-0.2, -0.15) is 5.10 Å². The molecule has 0 bridgehead atoms. The van der Waals surface area contributed by atoms with Crippen molar-refractivity contribution in [2.45, 2.75) is 26.7 Å². The van der Waals surface area contributed by atoms with Gasteiger partial charge in [0.2, 0.25) is 0 Å². The van der Waals surface area contributed by atoms with Crippen molar-refractivity contribution >= 4 is 28.5 Å². The third kappa shape index (κ3) is 4.34. The fourth-order valence-corrected chi connectivity index (χ4v) is 3.05. The Morgan fingerprint density at radius 3 is 2.59 bits per heavy atom.